The number of hydrogen-bond acceptors (Lipinski definition) is 4. The molecule has 0 aromatic carbocycles. The fourth-order valence-corrected chi connectivity index (χ4v) is 0.402. The van der Waals surface area contributed by atoms with Crippen LogP contribution in [0.2, 0.25) is 0 Å². The second kappa shape index (κ2) is 9.66. The van der Waals surface area contributed by atoms with Gasteiger partial charge >= 0.3 is 6.09 Å². The fraction of sp³-hybridized carbons (Fsp3) is 0.600. The monoisotopic (exact) mass is 181 g/mol. The van der Waals surface area contributed by atoms with Gasteiger partial charge in [0.25, 0.3) is 6.47 Å². The van der Waals surface area contributed by atoms with Gasteiger partial charge in [0.1, 0.15) is 0 Å². The molecule has 1 amide bonds. The van der Waals surface area contributed by atoms with Crippen LogP contribution in [0, 0.1) is 0 Å². The second-order valence-corrected chi connectivity index (χ2v) is 1.83. The molecule has 7 nitrogen and oxygen atoms in total. The topological polar surface area (TPSA) is 157 Å². The average molecular weight is 181 g/mol. The third-order valence-corrected chi connectivity index (χ3v) is 0.905. The van der Waals surface area contributed by atoms with Gasteiger partial charge in [0.15, 0.2) is 0 Å². The van der Waals surface area contributed by atoms with Crippen LogP contribution in [0.4, 0.5) is 4.79 Å². The molecule has 9 N–H and O–H groups in total. The molecule has 1 fully saturated rings. The molecule has 0 aliphatic heterocycles. The highest BCUT2D eigenvalue weighted by atomic mass is 16.4. The van der Waals surface area contributed by atoms with Crippen molar-refractivity contribution >= 4 is 12.6 Å². The van der Waals surface area contributed by atoms with E-state index in [1.54, 1.807) is 0 Å². The van der Waals surface area contributed by atoms with E-state index >= 15 is 0 Å². The van der Waals surface area contributed by atoms with Crippen LogP contribution in [0.1, 0.15) is 12.8 Å². The minimum absolute atomic E-state index is 0. The summed E-state index contributed by atoms with van der Waals surface area (Å²) in [6, 6.07) is 0.275. The van der Waals surface area contributed by atoms with Crippen molar-refractivity contribution in [2.45, 2.75) is 18.9 Å². The van der Waals surface area contributed by atoms with E-state index in [4.69, 9.17) is 15.0 Å². The molecule has 7 heteroatoms. The lowest BCUT2D eigenvalue weighted by Crippen LogP contribution is -2.22. The summed E-state index contributed by atoms with van der Waals surface area (Å²) in [5, 5.41) is 17.2. The van der Waals surface area contributed by atoms with Crippen molar-refractivity contribution in [1.29, 1.82) is 0 Å². The molecule has 0 aromatic heterocycles. The molecule has 74 valence electrons. The van der Waals surface area contributed by atoms with Gasteiger partial charge in [0, 0.05) is 6.04 Å². The Bertz CT molecular complexity index is 126. The summed E-state index contributed by atoms with van der Waals surface area (Å²) in [4.78, 5) is 18.1. The molecule has 0 radical (unpaired) electrons. The Balaban J connectivity index is -0.000000146. The Morgan fingerprint density at radius 2 is 1.75 bits per heavy atom. The Morgan fingerprint density at radius 3 is 1.83 bits per heavy atom. The van der Waals surface area contributed by atoms with Gasteiger partial charge in [-0.2, -0.15) is 0 Å². The van der Waals surface area contributed by atoms with Crippen LogP contribution in [-0.4, -0.2) is 28.8 Å². The van der Waals surface area contributed by atoms with E-state index in [1.807, 2.05) is 0 Å². The van der Waals surface area contributed by atoms with Crippen molar-refractivity contribution < 1.29 is 19.8 Å². The summed E-state index contributed by atoms with van der Waals surface area (Å²) in [7, 11) is 0. The van der Waals surface area contributed by atoms with Gasteiger partial charge in [-0.3, -0.25) is 4.79 Å². The summed E-state index contributed by atoms with van der Waals surface area (Å²) in [5.41, 5.74) is 0. The molecule has 0 atom stereocenters. The summed E-state index contributed by atoms with van der Waals surface area (Å²) in [6.07, 6.45) is 1.14. The van der Waals surface area contributed by atoms with Crippen LogP contribution in [0.3, 0.4) is 0 Å². The molecule has 0 bridgehead atoms. The molecule has 1 saturated carbocycles. The Kier molecular flexibility index (Phi) is 13.6. The lowest BCUT2D eigenvalue weighted by Gasteiger charge is -1.90. The molecule has 0 heterocycles. The normalized spacial score (nSPS) is 12.0. The lowest BCUT2D eigenvalue weighted by atomic mass is 10.7. The number of amides is 1. The Labute approximate surface area is 69.9 Å². The predicted octanol–water partition coefficient (Wildman–Crippen LogP) is 0.441. The number of nitrogens with one attached hydrogen (secondary N) is 1. The van der Waals surface area contributed by atoms with Gasteiger partial charge in [-0.05, 0) is 12.8 Å². The van der Waals surface area contributed by atoms with E-state index < -0.39 is 6.09 Å². The van der Waals surface area contributed by atoms with E-state index in [1.165, 1.54) is 0 Å². The maximum absolute atomic E-state index is 9.74. The fourth-order valence-electron chi connectivity index (χ4n) is 0.402. The number of rotatable bonds is 1. The summed E-state index contributed by atoms with van der Waals surface area (Å²) in [6.45, 7) is -0.250. The standard InChI is InChI=1S/C4H7NO2.CH2O2.2H3N/c6-4(7)5-3-1-2-3;2-1-3;;/h3,5H,1-2H2,(H,6,7);1H,(H,2,3);2*1H3. The Morgan fingerprint density at radius 1 is 1.42 bits per heavy atom. The zero-order chi connectivity index (χ0) is 7.98. The van der Waals surface area contributed by atoms with Crippen LogP contribution in [0.15, 0.2) is 0 Å². The molecule has 0 aromatic rings. The van der Waals surface area contributed by atoms with Crippen molar-refractivity contribution in [3.8, 4) is 0 Å². The first-order valence-corrected chi connectivity index (χ1v) is 2.78. The molecule has 1 rings (SSSR count). The van der Waals surface area contributed by atoms with Crippen molar-refractivity contribution in [2.75, 3.05) is 0 Å². The van der Waals surface area contributed by atoms with Gasteiger partial charge in [0.2, 0.25) is 0 Å². The number of carboxylic acid groups (broad SMARTS) is 2. The maximum Gasteiger partial charge on any atom is 0.404 e. The van der Waals surface area contributed by atoms with Gasteiger partial charge in [-0.1, -0.05) is 0 Å². The van der Waals surface area contributed by atoms with Gasteiger partial charge in [-0.15, -0.1) is 0 Å². The van der Waals surface area contributed by atoms with Gasteiger partial charge in [-0.25, -0.2) is 4.79 Å². The number of hydrogen-bond donors (Lipinski definition) is 5. The molecular formula is C5H15N3O4. The second-order valence-electron chi connectivity index (χ2n) is 1.83. The molecular weight excluding hydrogens is 166 g/mol. The SMILES string of the molecule is N.N.O=C(O)NC1CC1.O=CO. The minimum Gasteiger partial charge on any atom is -0.483 e. The summed E-state index contributed by atoms with van der Waals surface area (Å²) in [5.74, 6) is 0. The molecule has 0 spiro atoms. The first-order chi connectivity index (χ1) is 4.70. The van der Waals surface area contributed by atoms with Crippen molar-refractivity contribution in [2.24, 2.45) is 0 Å². The molecule has 0 unspecified atom stereocenters. The van der Waals surface area contributed by atoms with Gasteiger partial charge in [0.05, 0.1) is 0 Å². The van der Waals surface area contributed by atoms with E-state index in [-0.39, 0.29) is 24.8 Å². The third-order valence-electron chi connectivity index (χ3n) is 0.905. The average Bonchev–Trinajstić information content (AvgIpc) is 2.50. The Hall–Kier alpha value is -1.34. The largest absolute Gasteiger partial charge is 0.483 e. The zero-order valence-electron chi connectivity index (χ0n) is 6.69. The van der Waals surface area contributed by atoms with Gasteiger partial charge < -0.3 is 27.8 Å². The van der Waals surface area contributed by atoms with E-state index in [9.17, 15) is 4.79 Å². The molecule has 1 aliphatic carbocycles. The number of carbonyl (C=O) groups is 2. The van der Waals surface area contributed by atoms with Crippen LogP contribution in [0.5, 0.6) is 0 Å². The maximum atomic E-state index is 9.74. The van der Waals surface area contributed by atoms with E-state index in [0.29, 0.717) is 0 Å². The van der Waals surface area contributed by atoms with Crippen molar-refractivity contribution in [1.82, 2.24) is 17.6 Å². The van der Waals surface area contributed by atoms with Crippen LogP contribution in [0.25, 0.3) is 0 Å². The summed E-state index contributed by atoms with van der Waals surface area (Å²) >= 11 is 0. The smallest absolute Gasteiger partial charge is 0.404 e. The van der Waals surface area contributed by atoms with Crippen molar-refractivity contribution in [3.05, 3.63) is 0 Å². The van der Waals surface area contributed by atoms with Crippen LogP contribution < -0.4 is 17.6 Å². The highest BCUT2D eigenvalue weighted by molar-refractivity contribution is 5.65. The zero-order valence-corrected chi connectivity index (χ0v) is 6.69. The van der Waals surface area contributed by atoms with Crippen molar-refractivity contribution in [3.63, 3.8) is 0 Å². The quantitative estimate of drug-likeness (QED) is 0.369. The van der Waals surface area contributed by atoms with Crippen LogP contribution >= 0.6 is 0 Å². The predicted molar refractivity (Wildman–Crippen MR) is 42.9 cm³/mol. The lowest BCUT2D eigenvalue weighted by molar-refractivity contribution is -0.122. The first-order valence-electron chi connectivity index (χ1n) is 2.78. The molecule has 0 saturated heterocycles. The minimum atomic E-state index is -0.900. The third kappa shape index (κ3) is 15.9. The highest BCUT2D eigenvalue weighted by Crippen LogP contribution is 2.17. The first kappa shape index (κ1) is 17.0. The van der Waals surface area contributed by atoms with E-state index in [2.05, 4.69) is 5.32 Å². The van der Waals surface area contributed by atoms with E-state index in [0.717, 1.165) is 12.8 Å². The highest BCUT2D eigenvalue weighted by Gasteiger charge is 2.22. The summed E-state index contributed by atoms with van der Waals surface area (Å²) < 4.78 is 0. The van der Waals surface area contributed by atoms with Crippen LogP contribution in [-0.2, 0) is 4.79 Å². The molecule has 12 heavy (non-hydrogen) atoms. The molecule has 1 aliphatic rings.